The van der Waals surface area contributed by atoms with E-state index in [1.165, 1.54) is 45.4 Å². The highest BCUT2D eigenvalue weighted by molar-refractivity contribution is 5.98. The fraction of sp³-hybridized carbons (Fsp3) is 0.500. The average Bonchev–Trinajstić information content (AvgIpc) is 3.34. The van der Waals surface area contributed by atoms with Crippen LogP contribution >= 0.6 is 0 Å². The predicted octanol–water partition coefficient (Wildman–Crippen LogP) is 4.10. The molecule has 2 aromatic rings. The number of likely N-dealkylation sites (tertiary alicyclic amines) is 2. The SMILES string of the molecule is O=C1c2ccc(-c3ccccc3)cc2OCN1C1CCN(CCCN2CCCC2)CC1. The molecule has 3 aliphatic rings. The average molecular weight is 420 g/mol. The van der Waals surface area contributed by atoms with Crippen molar-refractivity contribution < 1.29 is 9.53 Å². The second kappa shape index (κ2) is 9.41. The number of hydrogen-bond donors (Lipinski definition) is 0. The van der Waals surface area contributed by atoms with Crippen LogP contribution in [-0.4, -0.2) is 72.6 Å². The van der Waals surface area contributed by atoms with Gasteiger partial charge in [-0.1, -0.05) is 36.4 Å². The number of nitrogens with zero attached hydrogens (tertiary/aromatic N) is 3. The Kier molecular flexibility index (Phi) is 6.23. The van der Waals surface area contributed by atoms with E-state index in [1.54, 1.807) is 0 Å². The van der Waals surface area contributed by atoms with Crippen molar-refractivity contribution in [2.75, 3.05) is 46.0 Å². The second-order valence-corrected chi connectivity index (χ2v) is 9.10. The van der Waals surface area contributed by atoms with E-state index in [0.717, 1.165) is 37.1 Å². The summed E-state index contributed by atoms with van der Waals surface area (Å²) in [5.41, 5.74) is 2.92. The Bertz CT molecular complexity index is 887. The molecule has 2 fully saturated rings. The number of benzene rings is 2. The van der Waals surface area contributed by atoms with Gasteiger partial charge in [-0.05, 0) is 81.5 Å². The van der Waals surface area contributed by atoms with Gasteiger partial charge in [0.15, 0.2) is 6.73 Å². The highest BCUT2D eigenvalue weighted by Gasteiger charge is 2.33. The third-order valence-corrected chi connectivity index (χ3v) is 7.08. The first-order valence-electron chi connectivity index (χ1n) is 11.9. The van der Waals surface area contributed by atoms with Crippen molar-refractivity contribution in [1.82, 2.24) is 14.7 Å². The van der Waals surface area contributed by atoms with Gasteiger partial charge in [0.2, 0.25) is 0 Å². The molecule has 0 atom stereocenters. The molecule has 31 heavy (non-hydrogen) atoms. The highest BCUT2D eigenvalue weighted by atomic mass is 16.5. The van der Waals surface area contributed by atoms with Crippen LogP contribution < -0.4 is 4.74 Å². The molecule has 5 heteroatoms. The molecule has 2 saturated heterocycles. The van der Waals surface area contributed by atoms with Crippen LogP contribution in [0.25, 0.3) is 11.1 Å². The lowest BCUT2D eigenvalue weighted by atomic mass is 9.99. The molecule has 3 heterocycles. The molecule has 0 N–H and O–H groups in total. The largest absolute Gasteiger partial charge is 0.472 e. The summed E-state index contributed by atoms with van der Waals surface area (Å²) < 4.78 is 6.06. The Balaban J connectivity index is 1.15. The van der Waals surface area contributed by atoms with Gasteiger partial charge in [-0.2, -0.15) is 0 Å². The Labute approximate surface area is 185 Å². The maximum absolute atomic E-state index is 13.2. The van der Waals surface area contributed by atoms with E-state index in [0.29, 0.717) is 18.0 Å². The normalized spacial score (nSPS) is 20.6. The Hall–Kier alpha value is -2.37. The summed E-state index contributed by atoms with van der Waals surface area (Å²) in [7, 11) is 0. The summed E-state index contributed by atoms with van der Waals surface area (Å²) in [6.07, 6.45) is 6.07. The summed E-state index contributed by atoms with van der Waals surface area (Å²) >= 11 is 0. The summed E-state index contributed by atoms with van der Waals surface area (Å²) in [5, 5.41) is 0. The van der Waals surface area contributed by atoms with Crippen molar-refractivity contribution in [2.45, 2.75) is 38.1 Å². The monoisotopic (exact) mass is 419 g/mol. The van der Waals surface area contributed by atoms with E-state index in [-0.39, 0.29) is 11.9 Å². The molecule has 0 aromatic heterocycles. The summed E-state index contributed by atoms with van der Waals surface area (Å²) in [6, 6.07) is 16.5. The first kappa shape index (κ1) is 20.5. The van der Waals surface area contributed by atoms with Gasteiger partial charge < -0.3 is 19.4 Å². The third kappa shape index (κ3) is 4.63. The van der Waals surface area contributed by atoms with E-state index < -0.39 is 0 Å². The zero-order valence-corrected chi connectivity index (χ0v) is 18.3. The van der Waals surface area contributed by atoms with Gasteiger partial charge in [-0.3, -0.25) is 4.79 Å². The predicted molar refractivity (Wildman–Crippen MR) is 123 cm³/mol. The molecule has 0 aliphatic carbocycles. The first-order valence-corrected chi connectivity index (χ1v) is 11.9. The van der Waals surface area contributed by atoms with Crippen LogP contribution in [0.2, 0.25) is 0 Å². The molecule has 3 aliphatic heterocycles. The molecule has 164 valence electrons. The van der Waals surface area contributed by atoms with Crippen molar-refractivity contribution in [1.29, 1.82) is 0 Å². The molecular formula is C26H33N3O2. The van der Waals surface area contributed by atoms with E-state index in [1.807, 2.05) is 41.3 Å². The summed E-state index contributed by atoms with van der Waals surface area (Å²) in [4.78, 5) is 20.3. The van der Waals surface area contributed by atoms with Crippen LogP contribution in [0.4, 0.5) is 0 Å². The lowest BCUT2D eigenvalue weighted by molar-refractivity contribution is 0.0246. The molecule has 0 saturated carbocycles. The molecule has 0 spiro atoms. The zero-order valence-electron chi connectivity index (χ0n) is 18.3. The molecule has 5 nitrogen and oxygen atoms in total. The Morgan fingerprint density at radius 2 is 1.55 bits per heavy atom. The number of rotatable bonds is 6. The fourth-order valence-corrected chi connectivity index (χ4v) is 5.23. The second-order valence-electron chi connectivity index (χ2n) is 9.10. The standard InChI is InChI=1S/C26H33N3O2/c30-26-24-10-9-22(21-7-2-1-3-8-21)19-25(24)31-20-29(26)23-11-17-28(18-12-23)16-6-15-27-13-4-5-14-27/h1-3,7-10,19,23H,4-6,11-18,20H2. The van der Waals surface area contributed by atoms with Gasteiger partial charge in [0.05, 0.1) is 5.56 Å². The lowest BCUT2D eigenvalue weighted by Gasteiger charge is -2.40. The molecule has 5 rings (SSSR count). The van der Waals surface area contributed by atoms with Gasteiger partial charge in [-0.25, -0.2) is 0 Å². The summed E-state index contributed by atoms with van der Waals surface area (Å²) in [6.45, 7) is 7.51. The number of fused-ring (bicyclic) bond motifs is 1. The smallest absolute Gasteiger partial charge is 0.260 e. The van der Waals surface area contributed by atoms with Gasteiger partial charge in [0.25, 0.3) is 5.91 Å². The minimum absolute atomic E-state index is 0.119. The van der Waals surface area contributed by atoms with Crippen LogP contribution in [0, 0.1) is 0 Å². The van der Waals surface area contributed by atoms with Crippen LogP contribution in [0.15, 0.2) is 48.5 Å². The number of hydrogen-bond acceptors (Lipinski definition) is 4. The molecule has 1 amide bonds. The minimum atomic E-state index is 0.119. The number of piperidine rings is 1. The molecule has 2 aromatic carbocycles. The van der Waals surface area contributed by atoms with E-state index >= 15 is 0 Å². The number of ether oxygens (including phenoxy) is 1. The zero-order chi connectivity index (χ0) is 21.0. The topological polar surface area (TPSA) is 36.0 Å². The van der Waals surface area contributed by atoms with Crippen molar-refractivity contribution in [3.05, 3.63) is 54.1 Å². The van der Waals surface area contributed by atoms with Gasteiger partial charge in [-0.15, -0.1) is 0 Å². The van der Waals surface area contributed by atoms with Gasteiger partial charge in [0.1, 0.15) is 5.75 Å². The third-order valence-electron chi connectivity index (χ3n) is 7.08. The van der Waals surface area contributed by atoms with Crippen molar-refractivity contribution in [3.8, 4) is 16.9 Å². The minimum Gasteiger partial charge on any atom is -0.472 e. The maximum atomic E-state index is 13.2. The highest BCUT2D eigenvalue weighted by Crippen LogP contribution is 2.32. The van der Waals surface area contributed by atoms with Crippen LogP contribution in [0.5, 0.6) is 5.75 Å². The van der Waals surface area contributed by atoms with Crippen molar-refractivity contribution in [2.24, 2.45) is 0 Å². The Morgan fingerprint density at radius 3 is 2.29 bits per heavy atom. The molecule has 0 bridgehead atoms. The van der Waals surface area contributed by atoms with E-state index in [9.17, 15) is 4.79 Å². The van der Waals surface area contributed by atoms with Crippen LogP contribution in [-0.2, 0) is 0 Å². The number of carbonyl (C=O) groups excluding carboxylic acids is 1. The van der Waals surface area contributed by atoms with Crippen LogP contribution in [0.1, 0.15) is 42.5 Å². The quantitative estimate of drug-likeness (QED) is 0.706. The first-order chi connectivity index (χ1) is 15.3. The molecule has 0 unspecified atom stereocenters. The maximum Gasteiger partial charge on any atom is 0.260 e. The fourth-order valence-electron chi connectivity index (χ4n) is 5.23. The van der Waals surface area contributed by atoms with Crippen LogP contribution in [0.3, 0.4) is 0 Å². The van der Waals surface area contributed by atoms with Gasteiger partial charge in [0, 0.05) is 19.1 Å². The molecular weight excluding hydrogens is 386 g/mol. The van der Waals surface area contributed by atoms with Crippen molar-refractivity contribution >= 4 is 5.91 Å². The van der Waals surface area contributed by atoms with E-state index in [2.05, 4.69) is 21.9 Å². The number of carbonyl (C=O) groups is 1. The lowest BCUT2D eigenvalue weighted by Crippen LogP contribution is -2.50. The van der Waals surface area contributed by atoms with E-state index in [4.69, 9.17) is 4.74 Å². The van der Waals surface area contributed by atoms with Gasteiger partial charge >= 0.3 is 0 Å². The summed E-state index contributed by atoms with van der Waals surface area (Å²) in [5.74, 6) is 0.829. The Morgan fingerprint density at radius 1 is 0.839 bits per heavy atom. The van der Waals surface area contributed by atoms with Crippen molar-refractivity contribution in [3.63, 3.8) is 0 Å². The molecule has 0 radical (unpaired) electrons. The number of amides is 1.